The first-order chi connectivity index (χ1) is 29.7. The van der Waals surface area contributed by atoms with Gasteiger partial charge in [-0.25, -0.2) is 0 Å². The molecule has 3 aromatic heterocycles. The van der Waals surface area contributed by atoms with Crippen molar-refractivity contribution in [2.75, 3.05) is 0 Å². The van der Waals surface area contributed by atoms with E-state index >= 15 is 0 Å². The SMILES string of the molecule is c1ccc(-c2ccc(-c3ccccc3C3CC(c4ccccc4-c4ccc(-c5ccccc5)nc4)CC(c4ccccc4-c4ccc(-c5ccccc5)nc4)C3)cn2)cc1. The minimum atomic E-state index is 0.317. The summed E-state index contributed by atoms with van der Waals surface area (Å²) in [5, 5.41) is 0. The quantitative estimate of drug-likeness (QED) is 0.147. The van der Waals surface area contributed by atoms with E-state index in [9.17, 15) is 0 Å². The number of aromatic nitrogens is 3. The van der Waals surface area contributed by atoms with Crippen molar-refractivity contribution in [3.8, 4) is 67.2 Å². The Morgan fingerprint density at radius 3 is 0.783 bits per heavy atom. The first-order valence-corrected chi connectivity index (χ1v) is 21.1. The van der Waals surface area contributed by atoms with Crippen LogP contribution in [0.2, 0.25) is 0 Å². The average molecular weight is 772 g/mol. The highest BCUT2D eigenvalue weighted by Crippen LogP contribution is 2.52. The molecule has 1 aliphatic rings. The largest absolute Gasteiger partial charge is 0.256 e. The number of benzene rings is 6. The van der Waals surface area contributed by atoms with Gasteiger partial charge >= 0.3 is 0 Å². The molecular weight excluding hydrogens is 727 g/mol. The second-order valence-corrected chi connectivity index (χ2v) is 16.0. The number of hydrogen-bond donors (Lipinski definition) is 0. The molecule has 1 fully saturated rings. The van der Waals surface area contributed by atoms with Crippen LogP contribution in [0.4, 0.5) is 0 Å². The smallest absolute Gasteiger partial charge is 0.0702 e. The van der Waals surface area contributed by atoms with Crippen LogP contribution in [0.1, 0.15) is 53.7 Å². The predicted molar refractivity (Wildman–Crippen MR) is 247 cm³/mol. The van der Waals surface area contributed by atoms with Gasteiger partial charge < -0.3 is 0 Å². The van der Waals surface area contributed by atoms with Crippen LogP contribution in [-0.4, -0.2) is 15.0 Å². The molecule has 0 radical (unpaired) electrons. The van der Waals surface area contributed by atoms with Gasteiger partial charge in [0.25, 0.3) is 0 Å². The third kappa shape index (κ3) is 7.70. The van der Waals surface area contributed by atoms with Crippen molar-refractivity contribution >= 4 is 0 Å². The lowest BCUT2D eigenvalue weighted by molar-refractivity contribution is 0.353. The van der Waals surface area contributed by atoms with Crippen LogP contribution in [0.3, 0.4) is 0 Å². The Labute approximate surface area is 353 Å². The Bertz CT molecular complexity index is 2500. The lowest BCUT2D eigenvalue weighted by atomic mass is 9.66. The highest BCUT2D eigenvalue weighted by Gasteiger charge is 2.34. The van der Waals surface area contributed by atoms with Crippen molar-refractivity contribution in [1.29, 1.82) is 0 Å². The summed E-state index contributed by atoms with van der Waals surface area (Å²) in [6, 6.07) is 71.6. The summed E-state index contributed by atoms with van der Waals surface area (Å²) < 4.78 is 0. The maximum atomic E-state index is 4.97. The Balaban J connectivity index is 1.04. The monoisotopic (exact) mass is 771 g/mol. The maximum absolute atomic E-state index is 4.97. The van der Waals surface area contributed by atoms with Crippen LogP contribution in [0.15, 0.2) is 219 Å². The minimum Gasteiger partial charge on any atom is -0.256 e. The van der Waals surface area contributed by atoms with Gasteiger partial charge in [0.05, 0.1) is 17.1 Å². The molecule has 0 amide bonds. The fraction of sp³-hybridized carbons (Fsp3) is 0.105. The molecule has 0 N–H and O–H groups in total. The molecular formula is C57H45N3. The Hall–Kier alpha value is -7.23. The molecule has 288 valence electrons. The van der Waals surface area contributed by atoms with Crippen molar-refractivity contribution in [1.82, 2.24) is 15.0 Å². The van der Waals surface area contributed by atoms with E-state index in [0.29, 0.717) is 17.8 Å². The third-order valence-electron chi connectivity index (χ3n) is 12.3. The lowest BCUT2D eigenvalue weighted by Gasteiger charge is -2.38. The van der Waals surface area contributed by atoms with E-state index in [1.165, 1.54) is 33.4 Å². The second-order valence-electron chi connectivity index (χ2n) is 16.0. The summed E-state index contributed by atoms with van der Waals surface area (Å²) in [4.78, 5) is 14.9. The molecule has 60 heavy (non-hydrogen) atoms. The average Bonchev–Trinajstić information content (AvgIpc) is 3.35. The van der Waals surface area contributed by atoms with Crippen molar-refractivity contribution in [2.24, 2.45) is 0 Å². The Kier molecular flexibility index (Phi) is 10.5. The van der Waals surface area contributed by atoms with Crippen molar-refractivity contribution in [3.63, 3.8) is 0 Å². The van der Waals surface area contributed by atoms with E-state index in [1.807, 2.05) is 18.2 Å². The summed E-state index contributed by atoms with van der Waals surface area (Å²) in [6.45, 7) is 0. The molecule has 0 atom stereocenters. The highest BCUT2D eigenvalue weighted by atomic mass is 14.7. The van der Waals surface area contributed by atoms with Crippen molar-refractivity contribution in [3.05, 3.63) is 235 Å². The van der Waals surface area contributed by atoms with Gasteiger partial charge in [-0.15, -0.1) is 0 Å². The molecule has 10 rings (SSSR count). The number of nitrogens with zero attached hydrogens (tertiary/aromatic N) is 3. The van der Waals surface area contributed by atoms with Crippen molar-refractivity contribution < 1.29 is 0 Å². The molecule has 9 aromatic rings. The van der Waals surface area contributed by atoms with Crippen LogP contribution >= 0.6 is 0 Å². The zero-order valence-electron chi connectivity index (χ0n) is 33.5. The van der Waals surface area contributed by atoms with Crippen LogP contribution < -0.4 is 0 Å². The van der Waals surface area contributed by atoms with Crippen molar-refractivity contribution in [2.45, 2.75) is 37.0 Å². The summed E-state index contributed by atoms with van der Waals surface area (Å²) in [7, 11) is 0. The topological polar surface area (TPSA) is 38.7 Å². The van der Waals surface area contributed by atoms with E-state index in [0.717, 1.165) is 69.7 Å². The van der Waals surface area contributed by atoms with Gasteiger partial charge in [0.1, 0.15) is 0 Å². The highest BCUT2D eigenvalue weighted by molar-refractivity contribution is 5.73. The van der Waals surface area contributed by atoms with Gasteiger partial charge in [-0.1, -0.05) is 182 Å². The molecule has 0 spiro atoms. The number of pyridine rings is 3. The van der Waals surface area contributed by atoms with Gasteiger partial charge in [-0.3, -0.25) is 15.0 Å². The van der Waals surface area contributed by atoms with E-state index in [4.69, 9.17) is 15.0 Å². The molecule has 3 heteroatoms. The van der Waals surface area contributed by atoms with Crippen LogP contribution in [0, 0.1) is 0 Å². The summed E-state index contributed by atoms with van der Waals surface area (Å²) in [5.41, 5.74) is 17.7. The second kappa shape index (κ2) is 16.9. The van der Waals surface area contributed by atoms with Gasteiger partial charge in [0.2, 0.25) is 0 Å². The molecule has 3 nitrogen and oxygen atoms in total. The fourth-order valence-corrected chi connectivity index (χ4v) is 9.43. The Morgan fingerprint density at radius 1 is 0.250 bits per heavy atom. The Morgan fingerprint density at radius 2 is 0.517 bits per heavy atom. The van der Waals surface area contributed by atoms with Crippen LogP contribution in [0.25, 0.3) is 67.2 Å². The predicted octanol–water partition coefficient (Wildman–Crippen LogP) is 14.7. The van der Waals surface area contributed by atoms with Gasteiger partial charge in [0.15, 0.2) is 0 Å². The maximum Gasteiger partial charge on any atom is 0.0702 e. The normalized spacial score (nSPS) is 16.3. The van der Waals surface area contributed by atoms with E-state index in [1.54, 1.807) is 0 Å². The summed E-state index contributed by atoms with van der Waals surface area (Å²) >= 11 is 0. The number of rotatable bonds is 9. The molecule has 1 aliphatic carbocycles. The van der Waals surface area contributed by atoms with Gasteiger partial charge in [-0.05, 0) is 88.6 Å². The molecule has 1 saturated carbocycles. The zero-order chi connectivity index (χ0) is 40.1. The summed E-state index contributed by atoms with van der Waals surface area (Å²) in [6.07, 6.45) is 9.31. The number of hydrogen-bond acceptors (Lipinski definition) is 3. The minimum absolute atomic E-state index is 0.317. The molecule has 0 saturated heterocycles. The molecule has 0 bridgehead atoms. The zero-order valence-corrected chi connectivity index (χ0v) is 33.5. The van der Waals surface area contributed by atoms with E-state index < -0.39 is 0 Å². The van der Waals surface area contributed by atoms with Gasteiger partial charge in [0, 0.05) is 52.0 Å². The molecule has 6 aromatic carbocycles. The van der Waals surface area contributed by atoms with Gasteiger partial charge in [-0.2, -0.15) is 0 Å². The van der Waals surface area contributed by atoms with Crippen LogP contribution in [-0.2, 0) is 0 Å². The summed E-state index contributed by atoms with van der Waals surface area (Å²) in [5.74, 6) is 0.950. The lowest BCUT2D eigenvalue weighted by Crippen LogP contribution is -2.21. The van der Waals surface area contributed by atoms with E-state index in [-0.39, 0.29) is 0 Å². The fourth-order valence-electron chi connectivity index (χ4n) is 9.43. The van der Waals surface area contributed by atoms with E-state index in [2.05, 4.69) is 201 Å². The standard InChI is InChI=1S/C57H45N3/c1-4-16-40(17-5-1)55-31-28-43(37-58-55)49-22-10-13-25-52(49)46-34-47(53-26-14-11-23-50(53)44-29-32-56(59-38-44)41-18-6-2-7-19-41)36-48(35-46)54-27-15-12-24-51(54)45-30-33-57(60-39-45)42-20-8-3-9-21-42/h1-33,37-39,46-48H,34-36H2. The molecule has 0 unspecified atom stereocenters. The first-order valence-electron chi connectivity index (χ1n) is 21.1. The third-order valence-corrected chi connectivity index (χ3v) is 12.3. The molecule has 3 heterocycles. The first kappa shape index (κ1) is 37.1. The van der Waals surface area contributed by atoms with Crippen LogP contribution in [0.5, 0.6) is 0 Å². The molecule has 0 aliphatic heterocycles.